The van der Waals surface area contributed by atoms with Crippen LogP contribution in [-0.4, -0.2) is 16.9 Å². The molecule has 76 valence electrons. The molecule has 0 saturated carbocycles. The number of hydrogen-bond acceptors (Lipinski definition) is 3. The zero-order valence-electron chi connectivity index (χ0n) is 7.77. The number of furan rings is 1. The van der Waals surface area contributed by atoms with Gasteiger partial charge in [-0.25, -0.2) is 0 Å². The van der Waals surface area contributed by atoms with E-state index in [9.17, 15) is 9.59 Å². The van der Waals surface area contributed by atoms with E-state index >= 15 is 0 Å². The SMILES string of the molecule is O=C(O)CC(=O)c1ccc2occc2c1. The number of fused-ring (bicyclic) bond motifs is 1. The second-order valence-corrected chi connectivity index (χ2v) is 3.17. The molecular formula is C11H8O4. The van der Waals surface area contributed by atoms with E-state index in [0.717, 1.165) is 5.39 Å². The molecule has 0 atom stereocenters. The molecule has 0 amide bonds. The lowest BCUT2D eigenvalue weighted by molar-refractivity contribution is -0.135. The van der Waals surface area contributed by atoms with Crippen molar-refractivity contribution >= 4 is 22.7 Å². The average molecular weight is 204 g/mol. The molecule has 1 N–H and O–H groups in total. The summed E-state index contributed by atoms with van der Waals surface area (Å²) in [6.45, 7) is 0. The van der Waals surface area contributed by atoms with Gasteiger partial charge in [-0.3, -0.25) is 9.59 Å². The molecule has 0 aliphatic carbocycles. The number of carbonyl (C=O) groups excluding carboxylic acids is 1. The minimum Gasteiger partial charge on any atom is -0.481 e. The number of rotatable bonds is 3. The van der Waals surface area contributed by atoms with Crippen LogP contribution in [0.3, 0.4) is 0 Å². The fourth-order valence-corrected chi connectivity index (χ4v) is 1.38. The number of benzene rings is 1. The van der Waals surface area contributed by atoms with Crippen LogP contribution in [0.5, 0.6) is 0 Å². The standard InChI is InChI=1S/C11H8O4/c12-9(6-11(13)14)7-1-2-10-8(5-7)3-4-15-10/h1-5H,6H2,(H,13,14). The second kappa shape index (κ2) is 3.57. The third-order valence-electron chi connectivity index (χ3n) is 2.09. The number of aliphatic carboxylic acids is 1. The van der Waals surface area contributed by atoms with Gasteiger partial charge < -0.3 is 9.52 Å². The zero-order valence-corrected chi connectivity index (χ0v) is 7.77. The Morgan fingerprint density at radius 2 is 2.07 bits per heavy atom. The molecule has 0 fully saturated rings. The van der Waals surface area contributed by atoms with Gasteiger partial charge >= 0.3 is 5.97 Å². The number of hydrogen-bond donors (Lipinski definition) is 1. The van der Waals surface area contributed by atoms with Gasteiger partial charge in [-0.15, -0.1) is 0 Å². The molecule has 0 bridgehead atoms. The number of Topliss-reactive ketones (excluding diaryl/α,β-unsaturated/α-hetero) is 1. The van der Waals surface area contributed by atoms with E-state index in [-0.39, 0.29) is 0 Å². The van der Waals surface area contributed by atoms with Crippen molar-refractivity contribution in [2.75, 3.05) is 0 Å². The highest BCUT2D eigenvalue weighted by atomic mass is 16.4. The van der Waals surface area contributed by atoms with E-state index < -0.39 is 18.2 Å². The van der Waals surface area contributed by atoms with Gasteiger partial charge in [-0.2, -0.15) is 0 Å². The van der Waals surface area contributed by atoms with Crippen LogP contribution in [0.15, 0.2) is 34.9 Å². The molecule has 1 heterocycles. The Bertz CT molecular complexity index is 524. The van der Waals surface area contributed by atoms with Crippen LogP contribution in [0, 0.1) is 0 Å². The first kappa shape index (κ1) is 9.45. The smallest absolute Gasteiger partial charge is 0.311 e. The molecule has 1 aromatic heterocycles. The summed E-state index contributed by atoms with van der Waals surface area (Å²) < 4.78 is 5.11. The first-order chi connectivity index (χ1) is 7.16. The molecule has 0 radical (unpaired) electrons. The zero-order chi connectivity index (χ0) is 10.8. The van der Waals surface area contributed by atoms with Crippen LogP contribution in [0.25, 0.3) is 11.0 Å². The Morgan fingerprint density at radius 3 is 2.80 bits per heavy atom. The van der Waals surface area contributed by atoms with Gasteiger partial charge in [0.15, 0.2) is 5.78 Å². The summed E-state index contributed by atoms with van der Waals surface area (Å²) in [5.41, 5.74) is 1.08. The molecule has 0 aliphatic heterocycles. The van der Waals surface area contributed by atoms with Crippen molar-refractivity contribution in [2.45, 2.75) is 6.42 Å². The van der Waals surface area contributed by atoms with E-state index in [1.807, 2.05) is 0 Å². The molecule has 4 heteroatoms. The monoisotopic (exact) mass is 204 g/mol. The van der Waals surface area contributed by atoms with E-state index in [1.165, 1.54) is 6.26 Å². The number of ketones is 1. The van der Waals surface area contributed by atoms with E-state index in [2.05, 4.69) is 0 Å². The van der Waals surface area contributed by atoms with Crippen molar-refractivity contribution in [2.24, 2.45) is 0 Å². The Balaban J connectivity index is 2.35. The second-order valence-electron chi connectivity index (χ2n) is 3.17. The van der Waals surface area contributed by atoms with Gasteiger partial charge in [0, 0.05) is 10.9 Å². The summed E-state index contributed by atoms with van der Waals surface area (Å²) in [5.74, 6) is -1.52. The Morgan fingerprint density at radius 1 is 1.27 bits per heavy atom. The number of carboxylic acids is 1. The minimum absolute atomic E-state index is 0.395. The predicted molar refractivity (Wildman–Crippen MR) is 52.8 cm³/mol. The topological polar surface area (TPSA) is 67.5 Å². The van der Waals surface area contributed by atoms with E-state index in [0.29, 0.717) is 11.1 Å². The highest BCUT2D eigenvalue weighted by Crippen LogP contribution is 2.17. The van der Waals surface area contributed by atoms with Gasteiger partial charge in [-0.05, 0) is 24.3 Å². The molecule has 15 heavy (non-hydrogen) atoms. The lowest BCUT2D eigenvalue weighted by Gasteiger charge is -1.97. The predicted octanol–water partition coefficient (Wildman–Crippen LogP) is 2.09. The van der Waals surface area contributed by atoms with Gasteiger partial charge in [0.1, 0.15) is 12.0 Å². The molecule has 2 aromatic rings. The van der Waals surface area contributed by atoms with Crippen molar-refractivity contribution in [3.63, 3.8) is 0 Å². The lowest BCUT2D eigenvalue weighted by Crippen LogP contribution is -2.06. The third-order valence-corrected chi connectivity index (χ3v) is 2.09. The molecule has 0 spiro atoms. The quantitative estimate of drug-likeness (QED) is 0.614. The first-order valence-corrected chi connectivity index (χ1v) is 4.39. The van der Waals surface area contributed by atoms with Crippen LogP contribution in [-0.2, 0) is 4.79 Å². The Hall–Kier alpha value is -2.10. The van der Waals surface area contributed by atoms with E-state index in [4.69, 9.17) is 9.52 Å². The van der Waals surface area contributed by atoms with Crippen molar-refractivity contribution in [1.82, 2.24) is 0 Å². The van der Waals surface area contributed by atoms with Crippen LogP contribution in [0.1, 0.15) is 16.8 Å². The van der Waals surface area contributed by atoms with Gasteiger partial charge in [0.05, 0.1) is 6.26 Å². The fourth-order valence-electron chi connectivity index (χ4n) is 1.38. The van der Waals surface area contributed by atoms with Crippen LogP contribution in [0.4, 0.5) is 0 Å². The molecule has 2 rings (SSSR count). The summed E-state index contributed by atoms with van der Waals surface area (Å²) in [6, 6.07) is 6.58. The highest BCUT2D eigenvalue weighted by molar-refractivity contribution is 6.06. The summed E-state index contributed by atoms with van der Waals surface area (Å²) in [5, 5.41) is 9.28. The summed E-state index contributed by atoms with van der Waals surface area (Å²) >= 11 is 0. The normalized spacial score (nSPS) is 10.4. The molecule has 4 nitrogen and oxygen atoms in total. The van der Waals surface area contributed by atoms with Gasteiger partial charge in [-0.1, -0.05) is 0 Å². The fraction of sp³-hybridized carbons (Fsp3) is 0.0909. The average Bonchev–Trinajstić information content (AvgIpc) is 2.62. The van der Waals surface area contributed by atoms with Crippen LogP contribution >= 0.6 is 0 Å². The van der Waals surface area contributed by atoms with Crippen molar-refractivity contribution in [3.05, 3.63) is 36.1 Å². The number of carbonyl (C=O) groups is 2. The van der Waals surface area contributed by atoms with Gasteiger partial charge in [0.25, 0.3) is 0 Å². The van der Waals surface area contributed by atoms with Crippen molar-refractivity contribution < 1.29 is 19.1 Å². The van der Waals surface area contributed by atoms with Crippen molar-refractivity contribution in [1.29, 1.82) is 0 Å². The Labute approximate surface area is 85.1 Å². The van der Waals surface area contributed by atoms with Crippen LogP contribution < -0.4 is 0 Å². The molecule has 0 saturated heterocycles. The first-order valence-electron chi connectivity index (χ1n) is 4.39. The maximum absolute atomic E-state index is 11.4. The van der Waals surface area contributed by atoms with Crippen molar-refractivity contribution in [3.8, 4) is 0 Å². The molecule has 0 unspecified atom stereocenters. The maximum Gasteiger partial charge on any atom is 0.311 e. The molecular weight excluding hydrogens is 196 g/mol. The summed E-state index contributed by atoms with van der Waals surface area (Å²) in [7, 11) is 0. The molecule has 0 aliphatic rings. The van der Waals surface area contributed by atoms with E-state index in [1.54, 1.807) is 24.3 Å². The minimum atomic E-state index is -1.12. The van der Waals surface area contributed by atoms with Gasteiger partial charge in [0.2, 0.25) is 0 Å². The largest absolute Gasteiger partial charge is 0.481 e. The third kappa shape index (κ3) is 1.88. The number of carboxylic acid groups (broad SMARTS) is 1. The lowest BCUT2D eigenvalue weighted by atomic mass is 10.1. The summed E-state index contributed by atoms with van der Waals surface area (Å²) in [6.07, 6.45) is 1.04. The molecule has 1 aromatic carbocycles. The summed E-state index contributed by atoms with van der Waals surface area (Å²) in [4.78, 5) is 21.8. The van der Waals surface area contributed by atoms with Crippen LogP contribution in [0.2, 0.25) is 0 Å². The maximum atomic E-state index is 11.4. The Kier molecular flexibility index (Phi) is 2.25. The highest BCUT2D eigenvalue weighted by Gasteiger charge is 2.11.